The third kappa shape index (κ3) is 3.22. The molecule has 2 rings (SSSR count). The van der Waals surface area contributed by atoms with Crippen LogP contribution >= 0.6 is 11.8 Å². The van der Waals surface area contributed by atoms with Gasteiger partial charge in [0.05, 0.1) is 0 Å². The van der Waals surface area contributed by atoms with Crippen molar-refractivity contribution >= 4 is 11.8 Å². The Labute approximate surface area is 104 Å². The molecule has 0 spiro atoms. The van der Waals surface area contributed by atoms with Crippen molar-refractivity contribution in [2.24, 2.45) is 0 Å². The lowest BCUT2D eigenvalue weighted by atomic mass is 10.5. The second-order valence-electron chi connectivity index (χ2n) is 3.36. The molecule has 0 aromatic carbocycles. The van der Waals surface area contributed by atoms with Gasteiger partial charge in [0, 0.05) is 0 Å². The van der Waals surface area contributed by atoms with Gasteiger partial charge in [0.1, 0.15) is 24.4 Å². The molecule has 0 aliphatic rings. The molecule has 98 valence electrons. The fourth-order valence-corrected chi connectivity index (χ4v) is 1.69. The van der Waals surface area contributed by atoms with Crippen molar-refractivity contribution in [3.63, 3.8) is 0 Å². The van der Waals surface area contributed by atoms with Crippen LogP contribution in [0.2, 0.25) is 0 Å². The molecule has 0 saturated carbocycles. The van der Waals surface area contributed by atoms with E-state index in [4.69, 9.17) is 4.42 Å². The third-order valence-electron chi connectivity index (χ3n) is 1.95. The first kappa shape index (κ1) is 12.9. The summed E-state index contributed by atoms with van der Waals surface area (Å²) in [4.78, 5) is 3.71. The van der Waals surface area contributed by atoms with Crippen LogP contribution in [0.15, 0.2) is 22.3 Å². The Morgan fingerprint density at radius 2 is 2.22 bits per heavy atom. The summed E-state index contributed by atoms with van der Waals surface area (Å²) in [5, 5.41) is 9.26. The van der Waals surface area contributed by atoms with Gasteiger partial charge in [-0.2, -0.15) is 18.3 Å². The quantitative estimate of drug-likeness (QED) is 0.794. The predicted octanol–water partition coefficient (Wildman–Crippen LogP) is 1.75. The first-order valence-corrected chi connectivity index (χ1v) is 5.71. The molecule has 1 unspecified atom stereocenters. The van der Waals surface area contributed by atoms with Gasteiger partial charge >= 0.3 is 6.18 Å². The molecule has 2 aromatic heterocycles. The van der Waals surface area contributed by atoms with Crippen molar-refractivity contribution in [1.82, 2.24) is 25.0 Å². The van der Waals surface area contributed by atoms with E-state index >= 15 is 0 Å². The van der Waals surface area contributed by atoms with Crippen molar-refractivity contribution < 1.29 is 17.6 Å². The third-order valence-corrected chi connectivity index (χ3v) is 2.94. The van der Waals surface area contributed by atoms with Gasteiger partial charge in [0.25, 0.3) is 5.22 Å². The highest BCUT2D eigenvalue weighted by atomic mass is 32.2. The van der Waals surface area contributed by atoms with Crippen LogP contribution in [0.4, 0.5) is 13.2 Å². The molecule has 0 aliphatic heterocycles. The number of nitrogens with zero attached hydrogens (tertiary/aromatic N) is 5. The van der Waals surface area contributed by atoms with Gasteiger partial charge in [-0.05, 0) is 6.92 Å². The van der Waals surface area contributed by atoms with Crippen LogP contribution in [0.3, 0.4) is 0 Å². The number of halogens is 3. The van der Waals surface area contributed by atoms with Gasteiger partial charge < -0.3 is 4.42 Å². The van der Waals surface area contributed by atoms with Crippen LogP contribution in [0.1, 0.15) is 12.8 Å². The second kappa shape index (κ2) is 4.96. The zero-order chi connectivity index (χ0) is 13.2. The second-order valence-corrected chi connectivity index (χ2v) is 4.65. The Balaban J connectivity index is 1.98. The largest absolute Gasteiger partial charge is 0.414 e. The van der Waals surface area contributed by atoms with E-state index in [0.717, 1.165) is 6.92 Å². The summed E-state index contributed by atoms with van der Waals surface area (Å²) in [7, 11) is 0. The summed E-state index contributed by atoms with van der Waals surface area (Å²) < 4.78 is 43.4. The summed E-state index contributed by atoms with van der Waals surface area (Å²) in [6, 6.07) is 0. The molecule has 2 aromatic rings. The minimum absolute atomic E-state index is 0.116. The normalized spacial score (nSPS) is 13.8. The first-order chi connectivity index (χ1) is 8.45. The number of thioether (sulfide) groups is 1. The highest BCUT2D eigenvalue weighted by molar-refractivity contribution is 7.99. The van der Waals surface area contributed by atoms with Gasteiger partial charge in [-0.15, -0.1) is 10.2 Å². The van der Waals surface area contributed by atoms with Gasteiger partial charge in [-0.25, -0.2) is 9.67 Å². The zero-order valence-electron chi connectivity index (χ0n) is 9.13. The summed E-state index contributed by atoms with van der Waals surface area (Å²) >= 11 is 0.473. The molecule has 0 radical (unpaired) electrons. The summed E-state index contributed by atoms with van der Waals surface area (Å²) in [6.07, 6.45) is -1.53. The Kier molecular flexibility index (Phi) is 3.55. The highest BCUT2D eigenvalue weighted by Gasteiger charge is 2.37. The van der Waals surface area contributed by atoms with Crippen LogP contribution in [0.5, 0.6) is 0 Å². The lowest BCUT2D eigenvalue weighted by Crippen LogP contribution is -2.21. The maximum Gasteiger partial charge on any atom is 0.400 e. The molecule has 6 nitrogen and oxygen atoms in total. The molecule has 10 heteroatoms. The lowest BCUT2D eigenvalue weighted by Gasteiger charge is -2.11. The fourth-order valence-electron chi connectivity index (χ4n) is 1.02. The van der Waals surface area contributed by atoms with E-state index in [9.17, 15) is 13.2 Å². The van der Waals surface area contributed by atoms with Gasteiger partial charge in [-0.3, -0.25) is 0 Å². The maximum atomic E-state index is 12.3. The summed E-state index contributed by atoms with van der Waals surface area (Å²) in [6.45, 7) is 1.21. The van der Waals surface area contributed by atoms with Gasteiger partial charge in [0.15, 0.2) is 0 Å². The SMILES string of the molecule is CC(Sc1nnc(Cn2cncn2)o1)C(F)(F)F. The van der Waals surface area contributed by atoms with Crippen LogP contribution in [0, 0.1) is 0 Å². The maximum absolute atomic E-state index is 12.3. The number of aromatic nitrogens is 5. The molecule has 18 heavy (non-hydrogen) atoms. The Bertz CT molecular complexity index is 497. The topological polar surface area (TPSA) is 69.6 Å². The van der Waals surface area contributed by atoms with Crippen LogP contribution in [-0.2, 0) is 6.54 Å². The van der Waals surface area contributed by atoms with Gasteiger partial charge in [0.2, 0.25) is 5.89 Å². The first-order valence-electron chi connectivity index (χ1n) is 4.83. The summed E-state index contributed by atoms with van der Waals surface area (Å²) in [5.74, 6) is 0.178. The van der Waals surface area contributed by atoms with E-state index in [0.29, 0.717) is 11.8 Å². The molecule has 0 amide bonds. The summed E-state index contributed by atoms with van der Waals surface area (Å²) in [5.41, 5.74) is 0. The predicted molar refractivity (Wildman–Crippen MR) is 54.8 cm³/mol. The lowest BCUT2D eigenvalue weighted by molar-refractivity contribution is -0.125. The molecule has 1 atom stereocenters. The Morgan fingerprint density at radius 3 is 2.83 bits per heavy atom. The molecular formula is C8H8F3N5OS. The monoisotopic (exact) mass is 279 g/mol. The standard InChI is InChI=1S/C8H8F3N5OS/c1-5(8(9,10)11)18-7-15-14-6(17-7)2-16-4-12-3-13-16/h3-5H,2H2,1H3. The van der Waals surface area contributed by atoms with Crippen molar-refractivity contribution in [3.05, 3.63) is 18.5 Å². The molecule has 0 aliphatic carbocycles. The molecule has 0 N–H and O–H groups in total. The molecule has 0 fully saturated rings. The zero-order valence-corrected chi connectivity index (χ0v) is 9.94. The van der Waals surface area contributed by atoms with E-state index in [2.05, 4.69) is 20.3 Å². The van der Waals surface area contributed by atoms with Crippen LogP contribution < -0.4 is 0 Å². The molecule has 0 saturated heterocycles. The number of hydrogen-bond donors (Lipinski definition) is 0. The van der Waals surface area contributed by atoms with Crippen molar-refractivity contribution in [1.29, 1.82) is 0 Å². The van der Waals surface area contributed by atoms with Gasteiger partial charge in [-0.1, -0.05) is 11.8 Å². The highest BCUT2D eigenvalue weighted by Crippen LogP contribution is 2.33. The smallest absolute Gasteiger partial charge is 0.400 e. The molecule has 0 bridgehead atoms. The molecular weight excluding hydrogens is 271 g/mol. The Morgan fingerprint density at radius 1 is 1.44 bits per heavy atom. The minimum atomic E-state index is -4.30. The van der Waals surface area contributed by atoms with E-state index in [-0.39, 0.29) is 17.7 Å². The van der Waals surface area contributed by atoms with E-state index in [1.807, 2.05) is 0 Å². The number of hydrogen-bond acceptors (Lipinski definition) is 6. The van der Waals surface area contributed by atoms with Crippen molar-refractivity contribution in [3.8, 4) is 0 Å². The number of alkyl halides is 3. The average molecular weight is 279 g/mol. The van der Waals surface area contributed by atoms with E-state index in [1.54, 1.807) is 0 Å². The fraction of sp³-hybridized carbons (Fsp3) is 0.500. The van der Waals surface area contributed by atoms with E-state index in [1.165, 1.54) is 17.3 Å². The van der Waals surface area contributed by atoms with Crippen LogP contribution in [-0.4, -0.2) is 36.4 Å². The van der Waals surface area contributed by atoms with Crippen molar-refractivity contribution in [2.45, 2.75) is 30.1 Å². The average Bonchev–Trinajstić information content (AvgIpc) is 2.89. The minimum Gasteiger partial charge on any atom is -0.414 e. The van der Waals surface area contributed by atoms with Crippen LogP contribution in [0.25, 0.3) is 0 Å². The number of rotatable bonds is 4. The molecule has 2 heterocycles. The van der Waals surface area contributed by atoms with E-state index < -0.39 is 11.4 Å². The van der Waals surface area contributed by atoms with Crippen molar-refractivity contribution in [2.75, 3.05) is 0 Å². The Hall–Kier alpha value is -1.58.